The smallest absolute Gasteiger partial charge is 0.429 e. The highest BCUT2D eigenvalue weighted by molar-refractivity contribution is 5.71. The van der Waals surface area contributed by atoms with Crippen LogP contribution in [-0.4, -0.2) is 0 Å². The number of rotatable bonds is 10. The molecule has 1 fully saturated rings. The summed E-state index contributed by atoms with van der Waals surface area (Å²) in [6, 6.07) is 12.0. The lowest BCUT2D eigenvalue weighted by atomic mass is 9.77. The second-order valence-corrected chi connectivity index (χ2v) is 11.7. The van der Waals surface area contributed by atoms with Crippen LogP contribution in [0.5, 0.6) is 5.75 Å². The molecule has 1 nitrogen and oxygen atoms in total. The van der Waals surface area contributed by atoms with E-state index in [1.54, 1.807) is 0 Å². The van der Waals surface area contributed by atoms with Gasteiger partial charge in [0, 0.05) is 5.56 Å². The number of benzene rings is 4. The standard InChI is InChI=1S/C36H32F8O/c1-2-3-4-5-21-6-8-23(9-7-21)25-17-30(38)34(31(39)18-25)36(43,44)45-27-13-10-22(11-14-27)24-12-15-28(29(37)16-24)26-19-32(40)35(42)33(41)20-26/h10-21,23H,2-9H2,1H3. The average Bonchev–Trinajstić information content (AvgIpc) is 2.99. The van der Waals surface area contributed by atoms with Crippen molar-refractivity contribution in [3.05, 3.63) is 113 Å². The Balaban J connectivity index is 1.27. The second-order valence-electron chi connectivity index (χ2n) is 11.7. The van der Waals surface area contributed by atoms with Crippen LogP contribution in [0.4, 0.5) is 35.1 Å². The summed E-state index contributed by atoms with van der Waals surface area (Å²) in [6.07, 6.45) is 3.70. The molecule has 45 heavy (non-hydrogen) atoms. The summed E-state index contributed by atoms with van der Waals surface area (Å²) < 4.78 is 120. The Bertz CT molecular complexity index is 1600. The van der Waals surface area contributed by atoms with Gasteiger partial charge >= 0.3 is 6.11 Å². The van der Waals surface area contributed by atoms with E-state index in [9.17, 15) is 26.3 Å². The molecule has 238 valence electrons. The maximum absolute atomic E-state index is 15.1. The van der Waals surface area contributed by atoms with Gasteiger partial charge in [-0.15, -0.1) is 0 Å². The van der Waals surface area contributed by atoms with Gasteiger partial charge in [0.25, 0.3) is 0 Å². The van der Waals surface area contributed by atoms with Crippen LogP contribution in [0.25, 0.3) is 22.3 Å². The van der Waals surface area contributed by atoms with E-state index >= 15 is 8.78 Å². The fraction of sp³-hybridized carbons (Fsp3) is 0.333. The van der Waals surface area contributed by atoms with Gasteiger partial charge in [0.2, 0.25) is 0 Å². The quantitative estimate of drug-likeness (QED) is 0.0960. The third-order valence-corrected chi connectivity index (χ3v) is 8.59. The highest BCUT2D eigenvalue weighted by atomic mass is 19.3. The minimum atomic E-state index is -4.32. The van der Waals surface area contributed by atoms with E-state index in [-0.39, 0.29) is 22.8 Å². The topological polar surface area (TPSA) is 9.23 Å². The Labute approximate surface area is 256 Å². The lowest BCUT2D eigenvalue weighted by Gasteiger charge is -2.29. The zero-order valence-electron chi connectivity index (χ0n) is 24.6. The average molecular weight is 633 g/mol. The predicted octanol–water partition coefficient (Wildman–Crippen LogP) is 11.8. The van der Waals surface area contributed by atoms with Gasteiger partial charge in [-0.05, 0) is 102 Å². The minimum absolute atomic E-state index is 0.0931. The third-order valence-electron chi connectivity index (χ3n) is 8.59. The van der Waals surface area contributed by atoms with Crippen molar-refractivity contribution >= 4 is 0 Å². The Hall–Kier alpha value is -3.88. The van der Waals surface area contributed by atoms with E-state index < -0.39 is 46.6 Å². The third kappa shape index (κ3) is 7.34. The van der Waals surface area contributed by atoms with Gasteiger partial charge in [-0.1, -0.05) is 56.9 Å². The van der Waals surface area contributed by atoms with Crippen molar-refractivity contribution in [3.63, 3.8) is 0 Å². The van der Waals surface area contributed by atoms with Gasteiger partial charge in [-0.2, -0.15) is 8.78 Å². The number of halogens is 8. The first-order valence-electron chi connectivity index (χ1n) is 15.1. The summed E-state index contributed by atoms with van der Waals surface area (Å²) in [5.74, 6) is -8.12. The van der Waals surface area contributed by atoms with E-state index in [1.165, 1.54) is 37.1 Å². The molecule has 1 saturated carbocycles. The molecule has 0 radical (unpaired) electrons. The molecule has 0 aliphatic heterocycles. The largest absolute Gasteiger partial charge is 0.432 e. The fourth-order valence-corrected chi connectivity index (χ4v) is 6.13. The van der Waals surface area contributed by atoms with Crippen LogP contribution in [0.15, 0.2) is 66.7 Å². The zero-order valence-corrected chi connectivity index (χ0v) is 24.6. The number of hydrogen-bond donors (Lipinski definition) is 0. The molecule has 1 aliphatic carbocycles. The Morgan fingerprint density at radius 1 is 0.644 bits per heavy atom. The molecular formula is C36H32F8O. The molecule has 0 bridgehead atoms. The van der Waals surface area contributed by atoms with Crippen molar-refractivity contribution in [2.75, 3.05) is 0 Å². The second kappa shape index (κ2) is 13.6. The molecule has 0 amide bonds. The van der Waals surface area contributed by atoms with Crippen molar-refractivity contribution in [3.8, 4) is 28.0 Å². The van der Waals surface area contributed by atoms with Crippen LogP contribution < -0.4 is 4.74 Å². The molecule has 0 N–H and O–H groups in total. The molecular weight excluding hydrogens is 600 g/mol. The van der Waals surface area contributed by atoms with E-state index in [2.05, 4.69) is 6.92 Å². The first-order chi connectivity index (χ1) is 21.5. The highest BCUT2D eigenvalue weighted by Crippen LogP contribution is 2.41. The van der Waals surface area contributed by atoms with Crippen LogP contribution in [0, 0.1) is 40.8 Å². The number of ether oxygens (including phenoxy) is 1. The maximum Gasteiger partial charge on any atom is 0.432 e. The summed E-state index contributed by atoms with van der Waals surface area (Å²) in [4.78, 5) is 0. The molecule has 0 atom stereocenters. The van der Waals surface area contributed by atoms with Crippen molar-refractivity contribution in [2.24, 2.45) is 5.92 Å². The normalized spacial score (nSPS) is 17.0. The van der Waals surface area contributed by atoms with Gasteiger partial charge in [0.1, 0.15) is 28.8 Å². The summed E-state index contributed by atoms with van der Waals surface area (Å²) >= 11 is 0. The molecule has 9 heteroatoms. The van der Waals surface area contributed by atoms with E-state index in [4.69, 9.17) is 4.74 Å². The molecule has 0 heterocycles. The molecule has 5 rings (SSSR count). The van der Waals surface area contributed by atoms with Gasteiger partial charge in [0.05, 0.1) is 0 Å². The van der Waals surface area contributed by atoms with Crippen molar-refractivity contribution in [1.29, 1.82) is 0 Å². The number of unbranched alkanes of at least 4 members (excludes halogenated alkanes) is 2. The summed E-state index contributed by atoms with van der Waals surface area (Å²) in [7, 11) is 0. The van der Waals surface area contributed by atoms with Crippen LogP contribution in [0.2, 0.25) is 0 Å². The summed E-state index contributed by atoms with van der Waals surface area (Å²) in [5, 5.41) is 0. The van der Waals surface area contributed by atoms with Crippen molar-refractivity contribution in [1.82, 2.24) is 0 Å². The van der Waals surface area contributed by atoms with Crippen molar-refractivity contribution < 1.29 is 39.9 Å². The molecule has 0 spiro atoms. The van der Waals surface area contributed by atoms with Gasteiger partial charge in [-0.3, -0.25) is 0 Å². The number of hydrogen-bond acceptors (Lipinski definition) is 1. The first kappa shape index (κ1) is 32.5. The lowest BCUT2D eigenvalue weighted by Crippen LogP contribution is -2.25. The van der Waals surface area contributed by atoms with Crippen LogP contribution >= 0.6 is 0 Å². The number of alkyl halides is 2. The van der Waals surface area contributed by atoms with Crippen LogP contribution in [0.1, 0.15) is 75.3 Å². The fourth-order valence-electron chi connectivity index (χ4n) is 6.13. The van der Waals surface area contributed by atoms with Gasteiger partial charge in [-0.25, -0.2) is 26.3 Å². The lowest BCUT2D eigenvalue weighted by molar-refractivity contribution is -0.189. The van der Waals surface area contributed by atoms with Crippen molar-refractivity contribution in [2.45, 2.75) is 70.3 Å². The first-order valence-corrected chi connectivity index (χ1v) is 15.1. The van der Waals surface area contributed by atoms with Crippen LogP contribution in [0.3, 0.4) is 0 Å². The Morgan fingerprint density at radius 3 is 1.80 bits per heavy atom. The molecule has 1 aliphatic rings. The van der Waals surface area contributed by atoms with E-state index in [0.29, 0.717) is 34.7 Å². The monoisotopic (exact) mass is 632 g/mol. The van der Waals surface area contributed by atoms with E-state index in [0.717, 1.165) is 68.9 Å². The molecule has 4 aromatic rings. The summed E-state index contributed by atoms with van der Waals surface area (Å²) in [6.45, 7) is 2.15. The maximum atomic E-state index is 15.1. The predicted molar refractivity (Wildman–Crippen MR) is 157 cm³/mol. The van der Waals surface area contributed by atoms with Gasteiger partial charge in [0.15, 0.2) is 17.5 Å². The molecule has 0 aromatic heterocycles. The molecule has 0 saturated heterocycles. The molecule has 0 unspecified atom stereocenters. The zero-order chi connectivity index (χ0) is 32.3. The Kier molecular flexibility index (Phi) is 9.85. The minimum Gasteiger partial charge on any atom is -0.429 e. The van der Waals surface area contributed by atoms with Crippen LogP contribution in [-0.2, 0) is 6.11 Å². The molecule has 4 aromatic carbocycles. The Morgan fingerprint density at radius 2 is 1.22 bits per heavy atom. The van der Waals surface area contributed by atoms with Gasteiger partial charge < -0.3 is 4.74 Å². The van der Waals surface area contributed by atoms with E-state index in [1.807, 2.05) is 0 Å². The summed E-state index contributed by atoms with van der Waals surface area (Å²) in [5.41, 5.74) is -0.834. The SMILES string of the molecule is CCCCCC1CCC(c2cc(F)c(C(F)(F)Oc3ccc(-c4ccc(-c5cc(F)c(F)c(F)c5)c(F)c4)cc3)c(F)c2)CC1. The highest BCUT2D eigenvalue weighted by Gasteiger charge is 2.41.